The molecule has 1 aliphatic heterocycles. The fourth-order valence-electron chi connectivity index (χ4n) is 3.88. The van der Waals surface area contributed by atoms with Gasteiger partial charge in [-0.15, -0.1) is 0 Å². The first-order valence-electron chi connectivity index (χ1n) is 8.55. The minimum Gasteiger partial charge on any atom is -0.467 e. The Kier molecular flexibility index (Phi) is 4.96. The summed E-state index contributed by atoms with van der Waals surface area (Å²) in [6.07, 6.45) is 0. The van der Waals surface area contributed by atoms with E-state index in [9.17, 15) is 24.5 Å². The lowest BCUT2D eigenvalue weighted by molar-refractivity contribution is -0.484. The van der Waals surface area contributed by atoms with Crippen molar-refractivity contribution in [1.82, 2.24) is 0 Å². The van der Waals surface area contributed by atoms with Gasteiger partial charge >= 0.3 is 5.97 Å². The number of ketones is 1. The van der Waals surface area contributed by atoms with Crippen LogP contribution in [0.15, 0.2) is 54.6 Å². The van der Waals surface area contributed by atoms with E-state index in [1.165, 1.54) is 19.1 Å². The van der Waals surface area contributed by atoms with Crippen molar-refractivity contribution in [2.45, 2.75) is 18.4 Å². The van der Waals surface area contributed by atoms with Crippen LogP contribution in [0, 0.1) is 10.1 Å². The van der Waals surface area contributed by atoms with E-state index in [1.807, 2.05) is 0 Å². The van der Waals surface area contributed by atoms with Crippen molar-refractivity contribution in [3.63, 3.8) is 0 Å². The van der Waals surface area contributed by atoms with Crippen LogP contribution in [0.5, 0.6) is 0 Å². The van der Waals surface area contributed by atoms with E-state index < -0.39 is 40.6 Å². The van der Waals surface area contributed by atoms with Gasteiger partial charge in [0.2, 0.25) is 23.8 Å². The van der Waals surface area contributed by atoms with Gasteiger partial charge in [-0.25, -0.2) is 4.79 Å². The van der Waals surface area contributed by atoms with E-state index in [4.69, 9.17) is 4.74 Å². The number of carbonyl (C=O) groups is 3. The Hall–Kier alpha value is -3.55. The van der Waals surface area contributed by atoms with E-state index in [-0.39, 0.29) is 11.3 Å². The first kappa shape index (κ1) is 19.2. The average Bonchev–Trinajstić information content (AvgIpc) is 2.96. The predicted molar refractivity (Wildman–Crippen MR) is 99.7 cm³/mol. The van der Waals surface area contributed by atoms with Crippen LogP contribution in [0.2, 0.25) is 0 Å². The molecule has 2 atom stereocenters. The second-order valence-corrected chi connectivity index (χ2v) is 6.44. The summed E-state index contributed by atoms with van der Waals surface area (Å²) < 4.78 is 4.93. The molecule has 3 rings (SSSR count). The number of benzene rings is 2. The Bertz CT molecular complexity index is 958. The van der Waals surface area contributed by atoms with Crippen LogP contribution in [0.25, 0.3) is 0 Å². The molecule has 0 fully saturated rings. The summed E-state index contributed by atoms with van der Waals surface area (Å²) in [7, 11) is 1.09. The number of anilines is 1. The topological polar surface area (TPSA) is 107 Å². The number of rotatable bonds is 5. The van der Waals surface area contributed by atoms with Crippen LogP contribution < -0.4 is 4.90 Å². The number of ether oxygens (including phenoxy) is 1. The quantitative estimate of drug-likeness (QED) is 0.340. The smallest absolute Gasteiger partial charge is 0.341 e. The first-order chi connectivity index (χ1) is 13.4. The molecular formula is C20H18N2O6. The van der Waals surface area contributed by atoms with Crippen LogP contribution in [0.1, 0.15) is 28.8 Å². The SMILES string of the molecule is COC(=O)[C@]1([C@H](C[N+](=O)[O-])c2ccccc2)C(=O)c2ccccc2N1C(C)=O. The molecule has 144 valence electrons. The van der Waals surface area contributed by atoms with Gasteiger partial charge in [-0.05, 0) is 17.7 Å². The highest BCUT2D eigenvalue weighted by molar-refractivity contribution is 6.30. The molecule has 8 heteroatoms. The van der Waals surface area contributed by atoms with Crippen molar-refractivity contribution in [1.29, 1.82) is 0 Å². The van der Waals surface area contributed by atoms with Crippen molar-refractivity contribution in [2.75, 3.05) is 18.6 Å². The minimum absolute atomic E-state index is 0.146. The summed E-state index contributed by atoms with van der Waals surface area (Å²) in [5.41, 5.74) is -1.43. The maximum Gasteiger partial charge on any atom is 0.341 e. The molecule has 28 heavy (non-hydrogen) atoms. The Morgan fingerprint density at radius 3 is 2.32 bits per heavy atom. The number of hydrogen-bond acceptors (Lipinski definition) is 6. The number of fused-ring (bicyclic) bond motifs is 1. The van der Waals surface area contributed by atoms with Crippen LogP contribution in [-0.4, -0.2) is 41.8 Å². The van der Waals surface area contributed by atoms with Crippen LogP contribution in [0.4, 0.5) is 5.69 Å². The van der Waals surface area contributed by atoms with Crippen molar-refractivity contribution in [3.8, 4) is 0 Å². The van der Waals surface area contributed by atoms with Gasteiger partial charge in [0.25, 0.3) is 0 Å². The molecule has 0 aliphatic carbocycles. The first-order valence-corrected chi connectivity index (χ1v) is 8.55. The van der Waals surface area contributed by atoms with E-state index in [0.717, 1.165) is 12.0 Å². The van der Waals surface area contributed by atoms with Crippen LogP contribution in [-0.2, 0) is 14.3 Å². The zero-order valence-corrected chi connectivity index (χ0v) is 15.3. The average molecular weight is 382 g/mol. The largest absolute Gasteiger partial charge is 0.467 e. The van der Waals surface area contributed by atoms with E-state index in [1.54, 1.807) is 42.5 Å². The Balaban J connectivity index is 2.36. The highest BCUT2D eigenvalue weighted by Crippen LogP contribution is 2.47. The van der Waals surface area contributed by atoms with Gasteiger partial charge in [-0.3, -0.25) is 24.6 Å². The third-order valence-electron chi connectivity index (χ3n) is 4.94. The van der Waals surface area contributed by atoms with Crippen molar-refractivity contribution < 1.29 is 24.0 Å². The number of hydrogen-bond donors (Lipinski definition) is 0. The van der Waals surface area contributed by atoms with Gasteiger partial charge in [-0.1, -0.05) is 42.5 Å². The number of para-hydroxylation sites is 1. The molecule has 8 nitrogen and oxygen atoms in total. The molecule has 0 bridgehead atoms. The number of Topliss-reactive ketones (excluding diaryl/α,β-unsaturated/α-hetero) is 1. The van der Waals surface area contributed by atoms with Gasteiger partial charge < -0.3 is 4.74 Å². The minimum atomic E-state index is -2.20. The van der Waals surface area contributed by atoms with Gasteiger partial charge in [-0.2, -0.15) is 0 Å². The lowest BCUT2D eigenvalue weighted by Crippen LogP contribution is -2.63. The normalized spacial score (nSPS) is 19.1. The van der Waals surface area contributed by atoms with Gasteiger partial charge in [0, 0.05) is 17.4 Å². The molecule has 1 aliphatic rings. The van der Waals surface area contributed by atoms with E-state index >= 15 is 0 Å². The van der Waals surface area contributed by atoms with E-state index in [0.29, 0.717) is 5.56 Å². The second kappa shape index (κ2) is 7.22. The number of methoxy groups -OCH3 is 1. The zero-order valence-electron chi connectivity index (χ0n) is 15.3. The van der Waals surface area contributed by atoms with Crippen molar-refractivity contribution in [2.24, 2.45) is 0 Å². The van der Waals surface area contributed by atoms with E-state index in [2.05, 4.69) is 0 Å². The number of carbonyl (C=O) groups excluding carboxylic acids is 3. The zero-order chi connectivity index (χ0) is 20.5. The summed E-state index contributed by atoms with van der Waals surface area (Å²) in [5.74, 6) is -3.53. The molecule has 2 aromatic rings. The van der Waals surface area contributed by atoms with Crippen LogP contribution >= 0.6 is 0 Å². The fourth-order valence-corrected chi connectivity index (χ4v) is 3.88. The van der Waals surface area contributed by atoms with Gasteiger partial charge in [0.1, 0.15) is 0 Å². The lowest BCUT2D eigenvalue weighted by atomic mass is 9.75. The Labute approximate surface area is 160 Å². The van der Waals surface area contributed by atoms with Crippen LogP contribution in [0.3, 0.4) is 0 Å². The fraction of sp³-hybridized carbons (Fsp3) is 0.250. The number of esters is 1. The molecule has 1 heterocycles. The molecule has 0 N–H and O–H groups in total. The number of nitro groups is 1. The standard InChI is InChI=1S/C20H18N2O6/c1-13(23)22-17-11-7-6-10-15(17)18(24)20(22,19(25)28-2)16(12-21(26)27)14-8-4-3-5-9-14/h3-11,16H,12H2,1-2H3/t16-,20+/m1/s1. The summed E-state index contributed by atoms with van der Waals surface area (Å²) in [6, 6.07) is 14.5. The second-order valence-electron chi connectivity index (χ2n) is 6.44. The molecule has 0 aromatic heterocycles. The number of nitrogens with zero attached hydrogens (tertiary/aromatic N) is 2. The summed E-state index contributed by atoms with van der Waals surface area (Å²) >= 11 is 0. The Morgan fingerprint density at radius 2 is 1.75 bits per heavy atom. The molecule has 0 saturated carbocycles. The van der Waals surface area contributed by atoms with Crippen molar-refractivity contribution >= 4 is 23.3 Å². The molecule has 0 unspecified atom stereocenters. The lowest BCUT2D eigenvalue weighted by Gasteiger charge is -2.38. The summed E-state index contributed by atoms with van der Waals surface area (Å²) in [5, 5.41) is 11.5. The molecule has 1 amide bonds. The summed E-state index contributed by atoms with van der Waals surface area (Å²) in [4.78, 5) is 51.1. The number of amides is 1. The molecule has 0 saturated heterocycles. The highest BCUT2D eigenvalue weighted by Gasteiger charge is 2.65. The Morgan fingerprint density at radius 1 is 1.14 bits per heavy atom. The van der Waals surface area contributed by atoms with Gasteiger partial charge in [0.05, 0.1) is 18.7 Å². The highest BCUT2D eigenvalue weighted by atomic mass is 16.6. The maximum absolute atomic E-state index is 13.5. The monoisotopic (exact) mass is 382 g/mol. The third kappa shape index (κ3) is 2.74. The van der Waals surface area contributed by atoms with Crippen molar-refractivity contribution in [3.05, 3.63) is 75.8 Å². The molecule has 0 spiro atoms. The summed E-state index contributed by atoms with van der Waals surface area (Å²) in [6.45, 7) is 0.476. The molecule has 2 aromatic carbocycles. The third-order valence-corrected chi connectivity index (χ3v) is 4.94. The molecular weight excluding hydrogens is 364 g/mol. The maximum atomic E-state index is 13.5. The predicted octanol–water partition coefficient (Wildman–Crippen LogP) is 2.21. The molecule has 0 radical (unpaired) electrons. The van der Waals surface area contributed by atoms with Gasteiger partial charge in [0.15, 0.2) is 0 Å².